The Bertz CT molecular complexity index is 576. The van der Waals surface area contributed by atoms with Gasteiger partial charge in [0.2, 0.25) is 0 Å². The normalized spacial score (nSPS) is 18.4. The van der Waals surface area contributed by atoms with Crippen molar-refractivity contribution in [3.63, 3.8) is 0 Å². The zero-order chi connectivity index (χ0) is 14.0. The van der Waals surface area contributed by atoms with E-state index in [0.29, 0.717) is 12.8 Å². The van der Waals surface area contributed by atoms with E-state index in [1.165, 1.54) is 12.1 Å². The molecule has 1 atom stereocenters. The van der Waals surface area contributed by atoms with Crippen molar-refractivity contribution in [1.29, 1.82) is 0 Å². The molecule has 0 bridgehead atoms. The molecular weight excluding hydrogens is 288 g/mol. The zero-order valence-electron chi connectivity index (χ0n) is 10.3. The standard InChI is InChI=1S/C13H15ClO4S/c14-10-7-3-4-8-11(10)19(17,18)12(13(15)16)9-5-1-2-6-9/h3-4,7-9,12H,1-2,5-6H2,(H,15,16). The molecule has 0 amide bonds. The number of carboxylic acid groups (broad SMARTS) is 1. The van der Waals surface area contributed by atoms with Gasteiger partial charge in [-0.25, -0.2) is 8.42 Å². The Morgan fingerprint density at radius 1 is 1.26 bits per heavy atom. The lowest BCUT2D eigenvalue weighted by molar-refractivity contribution is -0.137. The molecule has 1 fully saturated rings. The molecule has 0 aliphatic heterocycles. The molecule has 1 aromatic carbocycles. The summed E-state index contributed by atoms with van der Waals surface area (Å²) in [6.45, 7) is 0. The van der Waals surface area contributed by atoms with Crippen LogP contribution in [-0.2, 0) is 14.6 Å². The van der Waals surface area contributed by atoms with Crippen LogP contribution >= 0.6 is 11.6 Å². The number of sulfone groups is 1. The van der Waals surface area contributed by atoms with E-state index >= 15 is 0 Å². The molecule has 0 radical (unpaired) electrons. The van der Waals surface area contributed by atoms with Crippen LogP contribution in [0.4, 0.5) is 0 Å². The van der Waals surface area contributed by atoms with Crippen molar-refractivity contribution < 1.29 is 18.3 Å². The van der Waals surface area contributed by atoms with Crippen LogP contribution in [0.1, 0.15) is 25.7 Å². The highest BCUT2D eigenvalue weighted by atomic mass is 35.5. The predicted octanol–water partition coefficient (Wildman–Crippen LogP) is 2.76. The van der Waals surface area contributed by atoms with E-state index in [0.717, 1.165) is 12.8 Å². The molecule has 1 aliphatic carbocycles. The minimum Gasteiger partial charge on any atom is -0.480 e. The first kappa shape index (κ1) is 14.3. The number of rotatable bonds is 4. The maximum atomic E-state index is 12.5. The molecule has 6 heteroatoms. The average Bonchev–Trinajstić information content (AvgIpc) is 2.82. The van der Waals surface area contributed by atoms with Crippen molar-refractivity contribution in [2.75, 3.05) is 0 Å². The lowest BCUT2D eigenvalue weighted by Gasteiger charge is -2.20. The Kier molecular flexibility index (Phi) is 4.16. The summed E-state index contributed by atoms with van der Waals surface area (Å²) in [5.74, 6) is -1.61. The van der Waals surface area contributed by atoms with Gasteiger partial charge in [0.15, 0.2) is 15.1 Å². The van der Waals surface area contributed by atoms with Gasteiger partial charge in [-0.15, -0.1) is 0 Å². The summed E-state index contributed by atoms with van der Waals surface area (Å²) in [7, 11) is -3.95. The molecule has 4 nitrogen and oxygen atoms in total. The van der Waals surface area contributed by atoms with Crippen molar-refractivity contribution in [3.8, 4) is 0 Å². The lowest BCUT2D eigenvalue weighted by atomic mass is 10.0. The van der Waals surface area contributed by atoms with E-state index in [1.807, 2.05) is 0 Å². The molecular formula is C13H15ClO4S. The van der Waals surface area contributed by atoms with Crippen molar-refractivity contribution in [2.24, 2.45) is 5.92 Å². The Balaban J connectivity index is 2.46. The minimum absolute atomic E-state index is 0.0757. The third-order valence-electron chi connectivity index (χ3n) is 3.55. The number of carbonyl (C=O) groups is 1. The molecule has 1 unspecified atom stereocenters. The van der Waals surface area contributed by atoms with Gasteiger partial charge in [-0.05, 0) is 30.9 Å². The third kappa shape index (κ3) is 2.77. The van der Waals surface area contributed by atoms with E-state index < -0.39 is 21.1 Å². The summed E-state index contributed by atoms with van der Waals surface area (Å²) < 4.78 is 25.0. The quantitative estimate of drug-likeness (QED) is 0.928. The van der Waals surface area contributed by atoms with Crippen molar-refractivity contribution >= 4 is 27.4 Å². The van der Waals surface area contributed by atoms with E-state index in [-0.39, 0.29) is 15.8 Å². The molecule has 2 rings (SSSR count). The maximum Gasteiger partial charge on any atom is 0.322 e. The number of halogens is 1. The highest BCUT2D eigenvalue weighted by molar-refractivity contribution is 7.93. The van der Waals surface area contributed by atoms with E-state index in [1.54, 1.807) is 12.1 Å². The number of benzene rings is 1. The Morgan fingerprint density at radius 3 is 2.37 bits per heavy atom. The fourth-order valence-electron chi connectivity index (χ4n) is 2.66. The van der Waals surface area contributed by atoms with Crippen LogP contribution in [0.15, 0.2) is 29.2 Å². The molecule has 0 spiro atoms. The third-order valence-corrected chi connectivity index (χ3v) is 6.21. The lowest BCUT2D eigenvalue weighted by Crippen LogP contribution is -2.36. The summed E-state index contributed by atoms with van der Waals surface area (Å²) in [5.41, 5.74) is 0. The molecule has 0 heterocycles. The van der Waals surface area contributed by atoms with Crippen LogP contribution in [0.5, 0.6) is 0 Å². The molecule has 1 saturated carbocycles. The molecule has 1 N–H and O–H groups in total. The fraction of sp³-hybridized carbons (Fsp3) is 0.462. The van der Waals surface area contributed by atoms with Gasteiger partial charge in [0.1, 0.15) is 0 Å². The first-order valence-electron chi connectivity index (χ1n) is 6.16. The molecule has 0 aromatic heterocycles. The first-order valence-corrected chi connectivity index (χ1v) is 8.08. The minimum atomic E-state index is -3.95. The van der Waals surface area contributed by atoms with Gasteiger partial charge < -0.3 is 5.11 Å². The summed E-state index contributed by atoms with van der Waals surface area (Å²) in [6, 6.07) is 5.99. The zero-order valence-corrected chi connectivity index (χ0v) is 11.8. The maximum absolute atomic E-state index is 12.5. The van der Waals surface area contributed by atoms with E-state index in [2.05, 4.69) is 0 Å². The first-order chi connectivity index (χ1) is 8.94. The second kappa shape index (κ2) is 5.51. The van der Waals surface area contributed by atoms with Gasteiger partial charge >= 0.3 is 5.97 Å². The number of aliphatic carboxylic acids is 1. The molecule has 104 valence electrons. The average molecular weight is 303 g/mol. The Labute approximate surface area is 117 Å². The summed E-state index contributed by atoms with van der Waals surface area (Å²) in [6.07, 6.45) is 3.04. The second-order valence-corrected chi connectivity index (χ2v) is 7.22. The van der Waals surface area contributed by atoms with Crippen molar-refractivity contribution in [2.45, 2.75) is 35.8 Å². The smallest absolute Gasteiger partial charge is 0.322 e. The number of carboxylic acids is 1. The van der Waals surface area contributed by atoms with Crippen LogP contribution < -0.4 is 0 Å². The second-order valence-electron chi connectivity index (χ2n) is 4.78. The fourth-order valence-corrected chi connectivity index (χ4v) is 5.04. The summed E-state index contributed by atoms with van der Waals surface area (Å²) >= 11 is 5.89. The van der Waals surface area contributed by atoms with Gasteiger partial charge in [0.25, 0.3) is 0 Å². The van der Waals surface area contributed by atoms with Gasteiger partial charge in [-0.2, -0.15) is 0 Å². The van der Waals surface area contributed by atoms with Crippen LogP contribution in [0.25, 0.3) is 0 Å². The van der Waals surface area contributed by atoms with Crippen molar-refractivity contribution in [1.82, 2.24) is 0 Å². The SMILES string of the molecule is O=C(O)C(C1CCCC1)S(=O)(=O)c1ccccc1Cl. The van der Waals surface area contributed by atoms with E-state index in [9.17, 15) is 18.3 Å². The van der Waals surface area contributed by atoms with Gasteiger partial charge in [-0.3, -0.25) is 4.79 Å². The molecule has 1 aliphatic rings. The summed E-state index contributed by atoms with van der Waals surface area (Å²) in [5, 5.41) is 7.98. The van der Waals surface area contributed by atoms with Crippen LogP contribution in [0, 0.1) is 5.92 Å². The topological polar surface area (TPSA) is 71.4 Å². The largest absolute Gasteiger partial charge is 0.480 e. The van der Waals surface area contributed by atoms with Gasteiger partial charge in [0, 0.05) is 0 Å². The predicted molar refractivity (Wildman–Crippen MR) is 72.0 cm³/mol. The molecule has 1 aromatic rings. The number of hydrogen-bond acceptors (Lipinski definition) is 3. The molecule has 0 saturated heterocycles. The van der Waals surface area contributed by atoms with Crippen LogP contribution in [0.3, 0.4) is 0 Å². The Morgan fingerprint density at radius 2 is 1.84 bits per heavy atom. The van der Waals surface area contributed by atoms with E-state index in [4.69, 9.17) is 11.6 Å². The van der Waals surface area contributed by atoms with Gasteiger partial charge in [-0.1, -0.05) is 36.6 Å². The Hall–Kier alpha value is -1.07. The van der Waals surface area contributed by atoms with Crippen molar-refractivity contribution in [3.05, 3.63) is 29.3 Å². The monoisotopic (exact) mass is 302 g/mol. The van der Waals surface area contributed by atoms with Crippen LogP contribution in [-0.4, -0.2) is 24.7 Å². The van der Waals surface area contributed by atoms with Crippen LogP contribution in [0.2, 0.25) is 5.02 Å². The highest BCUT2D eigenvalue weighted by Gasteiger charge is 2.42. The highest BCUT2D eigenvalue weighted by Crippen LogP contribution is 2.35. The molecule has 19 heavy (non-hydrogen) atoms. The van der Waals surface area contributed by atoms with Gasteiger partial charge in [0.05, 0.1) is 9.92 Å². The summed E-state index contributed by atoms with van der Waals surface area (Å²) in [4.78, 5) is 11.3. The number of hydrogen-bond donors (Lipinski definition) is 1.